The fourth-order valence-electron chi connectivity index (χ4n) is 3.19. The summed E-state index contributed by atoms with van der Waals surface area (Å²) < 4.78 is 25.7. The Labute approximate surface area is 158 Å². The van der Waals surface area contributed by atoms with Crippen molar-refractivity contribution in [3.8, 4) is 5.75 Å². The molecule has 1 atom stereocenters. The SMILES string of the molecule is CSc1cccc(O[C@H](C)C2CCN(c3nc(C(C)C)no3)CC2)c1F. The van der Waals surface area contributed by atoms with Gasteiger partial charge in [-0.25, -0.2) is 4.39 Å². The molecule has 26 heavy (non-hydrogen) atoms. The lowest BCUT2D eigenvalue weighted by molar-refractivity contribution is 0.126. The van der Waals surface area contributed by atoms with Gasteiger partial charge in [-0.3, -0.25) is 0 Å². The van der Waals surface area contributed by atoms with Crippen LogP contribution < -0.4 is 9.64 Å². The zero-order valence-electron chi connectivity index (χ0n) is 15.7. The third kappa shape index (κ3) is 4.14. The van der Waals surface area contributed by atoms with E-state index in [4.69, 9.17) is 9.26 Å². The molecule has 1 saturated heterocycles. The first kappa shape index (κ1) is 19.0. The summed E-state index contributed by atoms with van der Waals surface area (Å²) in [6.07, 6.45) is 3.72. The lowest BCUT2D eigenvalue weighted by atomic mass is 9.92. The maximum absolute atomic E-state index is 14.4. The van der Waals surface area contributed by atoms with E-state index in [2.05, 4.69) is 15.0 Å². The second kappa shape index (κ2) is 8.29. The largest absolute Gasteiger partial charge is 0.487 e. The maximum Gasteiger partial charge on any atom is 0.324 e. The molecule has 0 bridgehead atoms. The van der Waals surface area contributed by atoms with Gasteiger partial charge in [-0.15, -0.1) is 11.8 Å². The summed E-state index contributed by atoms with van der Waals surface area (Å²) in [5.74, 6) is 1.44. The molecule has 3 rings (SSSR count). The molecule has 2 heterocycles. The molecule has 0 radical (unpaired) electrons. The Kier molecular flexibility index (Phi) is 6.06. The molecule has 1 aliphatic heterocycles. The molecule has 0 N–H and O–H groups in total. The highest BCUT2D eigenvalue weighted by Crippen LogP contribution is 2.31. The quantitative estimate of drug-likeness (QED) is 0.676. The van der Waals surface area contributed by atoms with Gasteiger partial charge in [-0.2, -0.15) is 4.98 Å². The Morgan fingerprint density at radius 3 is 2.62 bits per heavy atom. The second-order valence-corrected chi connectivity index (χ2v) is 7.86. The summed E-state index contributed by atoms with van der Waals surface area (Å²) >= 11 is 1.39. The summed E-state index contributed by atoms with van der Waals surface area (Å²) in [5, 5.41) is 4.03. The Hall–Kier alpha value is -1.76. The van der Waals surface area contributed by atoms with Crippen molar-refractivity contribution in [3.63, 3.8) is 0 Å². The van der Waals surface area contributed by atoms with Gasteiger partial charge in [0.2, 0.25) is 0 Å². The number of benzene rings is 1. The van der Waals surface area contributed by atoms with Crippen molar-refractivity contribution in [2.75, 3.05) is 24.2 Å². The molecule has 0 spiro atoms. The molecule has 0 amide bonds. The van der Waals surface area contributed by atoms with E-state index in [9.17, 15) is 4.39 Å². The van der Waals surface area contributed by atoms with Crippen molar-refractivity contribution in [1.29, 1.82) is 0 Å². The van der Waals surface area contributed by atoms with Crippen molar-refractivity contribution < 1.29 is 13.7 Å². The van der Waals surface area contributed by atoms with Gasteiger partial charge >= 0.3 is 6.01 Å². The number of hydrogen-bond donors (Lipinski definition) is 0. The number of nitrogens with zero attached hydrogens (tertiary/aromatic N) is 3. The van der Waals surface area contributed by atoms with E-state index in [-0.39, 0.29) is 17.8 Å². The molecule has 1 aromatic carbocycles. The van der Waals surface area contributed by atoms with Crippen LogP contribution in [-0.4, -0.2) is 35.6 Å². The summed E-state index contributed by atoms with van der Waals surface area (Å²) in [5.41, 5.74) is 0. The van der Waals surface area contributed by atoms with Crippen LogP contribution in [0.5, 0.6) is 5.75 Å². The Morgan fingerprint density at radius 2 is 2.00 bits per heavy atom. The van der Waals surface area contributed by atoms with Gasteiger partial charge in [0.15, 0.2) is 17.4 Å². The van der Waals surface area contributed by atoms with Crippen LogP contribution in [0.1, 0.15) is 45.4 Å². The number of piperidine rings is 1. The van der Waals surface area contributed by atoms with Crippen LogP contribution in [0.3, 0.4) is 0 Å². The predicted molar refractivity (Wildman–Crippen MR) is 102 cm³/mol. The van der Waals surface area contributed by atoms with Crippen LogP contribution in [0.25, 0.3) is 0 Å². The van der Waals surface area contributed by atoms with Crippen molar-refractivity contribution in [3.05, 3.63) is 29.8 Å². The lowest BCUT2D eigenvalue weighted by Crippen LogP contribution is -2.39. The van der Waals surface area contributed by atoms with Gasteiger partial charge in [0.25, 0.3) is 0 Å². The van der Waals surface area contributed by atoms with Gasteiger partial charge in [0, 0.05) is 23.9 Å². The predicted octanol–water partition coefficient (Wildman–Crippen LogP) is 4.74. The third-order valence-corrected chi connectivity index (χ3v) is 5.64. The average molecular weight is 380 g/mol. The van der Waals surface area contributed by atoms with Crippen molar-refractivity contribution in [1.82, 2.24) is 10.1 Å². The van der Waals surface area contributed by atoms with E-state index in [1.165, 1.54) is 11.8 Å². The van der Waals surface area contributed by atoms with E-state index in [1.54, 1.807) is 12.1 Å². The van der Waals surface area contributed by atoms with Gasteiger partial charge < -0.3 is 14.2 Å². The van der Waals surface area contributed by atoms with E-state index in [1.807, 2.05) is 33.1 Å². The third-order valence-electron chi connectivity index (χ3n) is 4.88. The molecule has 1 fully saturated rings. The van der Waals surface area contributed by atoms with Gasteiger partial charge in [0.05, 0.1) is 6.10 Å². The van der Waals surface area contributed by atoms with Crippen LogP contribution in [-0.2, 0) is 0 Å². The van der Waals surface area contributed by atoms with Crippen LogP contribution in [0.4, 0.5) is 10.4 Å². The average Bonchev–Trinajstić information content (AvgIpc) is 3.14. The number of anilines is 1. The minimum atomic E-state index is -0.267. The summed E-state index contributed by atoms with van der Waals surface area (Å²) in [6, 6.07) is 5.90. The fourth-order valence-corrected chi connectivity index (χ4v) is 3.68. The molecule has 1 aromatic heterocycles. The van der Waals surface area contributed by atoms with E-state index in [0.29, 0.717) is 22.6 Å². The molecule has 5 nitrogen and oxygen atoms in total. The number of hydrogen-bond acceptors (Lipinski definition) is 6. The van der Waals surface area contributed by atoms with Gasteiger partial charge in [-0.05, 0) is 44.1 Å². The normalized spacial score (nSPS) is 16.9. The van der Waals surface area contributed by atoms with E-state index >= 15 is 0 Å². The molecule has 7 heteroatoms. The van der Waals surface area contributed by atoms with Crippen molar-refractivity contribution in [2.45, 2.75) is 50.5 Å². The monoisotopic (exact) mass is 379 g/mol. The number of ether oxygens (including phenoxy) is 1. The van der Waals surface area contributed by atoms with Crippen LogP contribution in [0, 0.1) is 11.7 Å². The first-order valence-corrected chi connectivity index (χ1v) is 10.3. The van der Waals surface area contributed by atoms with Crippen LogP contribution in [0.2, 0.25) is 0 Å². The summed E-state index contributed by atoms with van der Waals surface area (Å²) in [6.45, 7) is 7.79. The number of rotatable bonds is 6. The maximum atomic E-state index is 14.4. The Balaban J connectivity index is 1.57. The standard InChI is InChI=1S/C19H26FN3O2S/c1-12(2)18-21-19(25-22-18)23-10-8-14(9-11-23)13(3)24-15-6-5-7-16(26-4)17(15)20/h5-7,12-14H,8-11H2,1-4H3/t13-/m1/s1. The molecule has 0 aliphatic carbocycles. The molecule has 1 aliphatic rings. The second-order valence-electron chi connectivity index (χ2n) is 7.01. The highest BCUT2D eigenvalue weighted by atomic mass is 32.2. The van der Waals surface area contributed by atoms with Crippen molar-refractivity contribution >= 4 is 17.8 Å². The van der Waals surface area contributed by atoms with E-state index < -0.39 is 0 Å². The minimum Gasteiger partial charge on any atom is -0.487 e. The minimum absolute atomic E-state index is 0.0438. The first-order valence-electron chi connectivity index (χ1n) is 9.07. The number of aromatic nitrogens is 2. The smallest absolute Gasteiger partial charge is 0.324 e. The molecule has 2 aromatic rings. The summed E-state index contributed by atoms with van der Waals surface area (Å²) in [7, 11) is 0. The van der Waals surface area contributed by atoms with Crippen molar-refractivity contribution in [2.24, 2.45) is 5.92 Å². The Bertz CT molecular complexity index is 729. The first-order chi connectivity index (χ1) is 12.5. The van der Waals surface area contributed by atoms with Gasteiger partial charge in [0.1, 0.15) is 0 Å². The number of halogens is 1. The van der Waals surface area contributed by atoms with E-state index in [0.717, 1.165) is 31.8 Å². The highest BCUT2D eigenvalue weighted by molar-refractivity contribution is 7.98. The zero-order chi connectivity index (χ0) is 18.7. The lowest BCUT2D eigenvalue weighted by Gasteiger charge is -2.33. The highest BCUT2D eigenvalue weighted by Gasteiger charge is 2.28. The Morgan fingerprint density at radius 1 is 1.27 bits per heavy atom. The molecule has 0 unspecified atom stereocenters. The summed E-state index contributed by atoms with van der Waals surface area (Å²) in [4.78, 5) is 7.20. The topological polar surface area (TPSA) is 51.4 Å². The zero-order valence-corrected chi connectivity index (χ0v) is 16.6. The van der Waals surface area contributed by atoms with Crippen LogP contribution >= 0.6 is 11.8 Å². The van der Waals surface area contributed by atoms with Crippen LogP contribution in [0.15, 0.2) is 27.6 Å². The fraction of sp³-hybridized carbons (Fsp3) is 0.579. The molecular formula is C19H26FN3O2S. The molecule has 142 valence electrons. The van der Waals surface area contributed by atoms with Gasteiger partial charge in [-0.1, -0.05) is 25.1 Å². The molecular weight excluding hydrogens is 353 g/mol. The number of thioether (sulfide) groups is 1. The molecule has 0 saturated carbocycles.